The molecule has 0 fully saturated rings. The van der Waals surface area contributed by atoms with E-state index in [1.54, 1.807) is 0 Å². The number of methoxy groups -OCH3 is 1. The Morgan fingerprint density at radius 3 is 2.93 bits per heavy atom. The molecule has 5 nitrogen and oxygen atoms in total. The van der Waals surface area contributed by atoms with Crippen LogP contribution in [0.25, 0.3) is 0 Å². The summed E-state index contributed by atoms with van der Waals surface area (Å²) in [6.07, 6.45) is 1.26. The first-order valence-corrected chi connectivity index (χ1v) is 4.71. The first-order chi connectivity index (χ1) is 7.28. The minimum atomic E-state index is -0.207. The zero-order valence-electron chi connectivity index (χ0n) is 8.40. The predicted octanol–water partition coefficient (Wildman–Crippen LogP) is -0.288. The summed E-state index contributed by atoms with van der Waals surface area (Å²) in [6, 6.07) is 0. The van der Waals surface area contributed by atoms with Crippen molar-refractivity contribution in [3.8, 4) is 11.8 Å². The Labute approximate surface area is 87.8 Å². The van der Waals surface area contributed by atoms with Crippen LogP contribution in [0.4, 0.5) is 0 Å². The smallest absolute Gasteiger partial charge is 0.278 e. The SMILES string of the molecule is COc1nc(CO)nc2c1CB(C#N)C2. The second-order valence-corrected chi connectivity index (χ2v) is 3.47. The van der Waals surface area contributed by atoms with E-state index in [0.717, 1.165) is 11.3 Å². The Balaban J connectivity index is 2.44. The Bertz CT molecular complexity index is 430. The van der Waals surface area contributed by atoms with Crippen molar-refractivity contribution in [1.29, 1.82) is 5.26 Å². The highest BCUT2D eigenvalue weighted by molar-refractivity contribution is 6.66. The first-order valence-electron chi connectivity index (χ1n) is 4.71. The lowest BCUT2D eigenvalue weighted by atomic mass is 9.49. The van der Waals surface area contributed by atoms with E-state index in [9.17, 15) is 0 Å². The summed E-state index contributed by atoms with van der Waals surface area (Å²) in [7, 11) is 1.53. The molecule has 15 heavy (non-hydrogen) atoms. The molecular weight excluding hydrogens is 193 g/mol. The highest BCUT2D eigenvalue weighted by atomic mass is 16.5. The van der Waals surface area contributed by atoms with Gasteiger partial charge in [0.25, 0.3) is 6.71 Å². The highest BCUT2D eigenvalue weighted by Crippen LogP contribution is 2.26. The molecule has 0 radical (unpaired) electrons. The van der Waals surface area contributed by atoms with Gasteiger partial charge in [0.05, 0.1) is 7.11 Å². The minimum absolute atomic E-state index is 0.0443. The van der Waals surface area contributed by atoms with Crippen molar-refractivity contribution in [1.82, 2.24) is 9.97 Å². The maximum absolute atomic E-state index is 8.97. The average molecular weight is 203 g/mol. The third kappa shape index (κ3) is 1.66. The van der Waals surface area contributed by atoms with Gasteiger partial charge in [-0.3, -0.25) is 0 Å². The van der Waals surface area contributed by atoms with E-state index in [4.69, 9.17) is 15.1 Å². The van der Waals surface area contributed by atoms with Crippen molar-refractivity contribution >= 4 is 6.71 Å². The Morgan fingerprint density at radius 1 is 1.53 bits per heavy atom. The van der Waals surface area contributed by atoms with E-state index in [2.05, 4.69) is 15.9 Å². The number of aromatic nitrogens is 2. The predicted molar refractivity (Wildman–Crippen MR) is 53.3 cm³/mol. The number of ether oxygens (including phenoxy) is 1. The molecule has 0 atom stereocenters. The minimum Gasteiger partial charge on any atom is -0.481 e. The van der Waals surface area contributed by atoms with Crippen LogP contribution < -0.4 is 4.74 Å². The van der Waals surface area contributed by atoms with E-state index in [0.29, 0.717) is 24.3 Å². The molecule has 0 saturated carbocycles. The molecule has 0 spiro atoms. The number of aliphatic hydroxyl groups excluding tert-OH is 1. The molecule has 0 aliphatic carbocycles. The summed E-state index contributed by atoms with van der Waals surface area (Å²) in [6.45, 7) is -0.252. The third-order valence-electron chi connectivity index (χ3n) is 2.51. The Hall–Kier alpha value is -1.61. The molecule has 0 unspecified atom stereocenters. The average Bonchev–Trinajstić information content (AvgIpc) is 2.70. The molecule has 2 rings (SSSR count). The van der Waals surface area contributed by atoms with E-state index in [1.165, 1.54) is 7.11 Å². The largest absolute Gasteiger partial charge is 0.481 e. The van der Waals surface area contributed by atoms with E-state index >= 15 is 0 Å². The molecule has 6 heteroatoms. The lowest BCUT2D eigenvalue weighted by Crippen LogP contribution is -2.10. The molecule has 1 aromatic heterocycles. The molecule has 1 aromatic rings. The maximum Gasteiger partial charge on any atom is 0.278 e. The van der Waals surface area contributed by atoms with Crippen LogP contribution in [0.3, 0.4) is 0 Å². The van der Waals surface area contributed by atoms with Crippen LogP contribution in [0.1, 0.15) is 17.1 Å². The molecule has 76 valence electrons. The van der Waals surface area contributed by atoms with Crippen molar-refractivity contribution in [2.45, 2.75) is 19.2 Å². The van der Waals surface area contributed by atoms with Gasteiger partial charge in [-0.2, -0.15) is 4.98 Å². The topological polar surface area (TPSA) is 79.0 Å². The monoisotopic (exact) mass is 203 g/mol. The second-order valence-electron chi connectivity index (χ2n) is 3.47. The van der Waals surface area contributed by atoms with Gasteiger partial charge in [0.2, 0.25) is 5.88 Å². The molecule has 0 amide bonds. The molecule has 2 heterocycles. The van der Waals surface area contributed by atoms with Gasteiger partial charge in [-0.15, -0.1) is 0 Å². The van der Waals surface area contributed by atoms with Crippen molar-refractivity contribution in [2.75, 3.05) is 7.11 Å². The normalized spacial score (nSPS) is 13.5. The van der Waals surface area contributed by atoms with Crippen molar-refractivity contribution in [3.63, 3.8) is 0 Å². The van der Waals surface area contributed by atoms with Crippen LogP contribution in [0, 0.1) is 11.2 Å². The summed E-state index contributed by atoms with van der Waals surface area (Å²) >= 11 is 0. The van der Waals surface area contributed by atoms with Crippen LogP contribution in [-0.2, 0) is 19.2 Å². The second kappa shape index (κ2) is 3.87. The third-order valence-corrected chi connectivity index (χ3v) is 2.51. The van der Waals surface area contributed by atoms with Gasteiger partial charge in [-0.25, -0.2) is 10.2 Å². The molecule has 0 aromatic carbocycles. The number of aliphatic hydroxyl groups is 1. The van der Waals surface area contributed by atoms with Gasteiger partial charge in [-0.05, 0) is 12.6 Å². The molecule has 1 aliphatic rings. The van der Waals surface area contributed by atoms with Crippen LogP contribution in [0.2, 0.25) is 0 Å². The number of hydrogen-bond donors (Lipinski definition) is 1. The Morgan fingerprint density at radius 2 is 2.33 bits per heavy atom. The van der Waals surface area contributed by atoms with E-state index in [-0.39, 0.29) is 13.3 Å². The number of rotatable bonds is 2. The summed E-state index contributed by atoms with van der Waals surface area (Å²) in [4.78, 5) is 8.24. The molecular formula is C9H10BN3O2. The van der Waals surface area contributed by atoms with E-state index in [1.807, 2.05) is 0 Å². The lowest BCUT2D eigenvalue weighted by molar-refractivity contribution is 0.267. The summed E-state index contributed by atoms with van der Waals surface area (Å²) in [5, 5.41) is 17.8. The zero-order valence-corrected chi connectivity index (χ0v) is 8.40. The van der Waals surface area contributed by atoms with Gasteiger partial charge in [-0.1, -0.05) is 0 Å². The molecule has 1 N–H and O–H groups in total. The van der Waals surface area contributed by atoms with Crippen molar-refractivity contribution in [3.05, 3.63) is 17.1 Å². The number of nitriles is 1. The maximum atomic E-state index is 8.97. The number of nitrogens with zero attached hydrogens (tertiary/aromatic N) is 3. The van der Waals surface area contributed by atoms with Gasteiger partial charge < -0.3 is 9.84 Å². The van der Waals surface area contributed by atoms with Crippen molar-refractivity contribution < 1.29 is 9.84 Å². The van der Waals surface area contributed by atoms with Crippen LogP contribution >= 0.6 is 0 Å². The molecule has 1 aliphatic heterocycles. The van der Waals surface area contributed by atoms with Crippen molar-refractivity contribution in [2.24, 2.45) is 0 Å². The first kappa shape index (κ1) is 9.93. The fourth-order valence-electron chi connectivity index (χ4n) is 1.81. The quantitative estimate of drug-likeness (QED) is 0.668. The van der Waals surface area contributed by atoms with Gasteiger partial charge in [0.1, 0.15) is 6.61 Å². The van der Waals surface area contributed by atoms with Gasteiger partial charge in [0.15, 0.2) is 5.82 Å². The van der Waals surface area contributed by atoms with Crippen LogP contribution in [-0.4, -0.2) is 28.9 Å². The lowest BCUT2D eigenvalue weighted by Gasteiger charge is -2.06. The number of hydrogen-bond acceptors (Lipinski definition) is 5. The van der Waals surface area contributed by atoms with Crippen LogP contribution in [0.15, 0.2) is 0 Å². The summed E-state index contributed by atoms with van der Waals surface area (Å²) < 4.78 is 5.12. The Kier molecular flexibility index (Phi) is 2.56. The molecule has 0 saturated heterocycles. The summed E-state index contributed by atoms with van der Waals surface area (Å²) in [5.74, 6) is 3.05. The highest BCUT2D eigenvalue weighted by Gasteiger charge is 2.30. The molecule has 0 bridgehead atoms. The fourth-order valence-corrected chi connectivity index (χ4v) is 1.81. The van der Waals surface area contributed by atoms with E-state index < -0.39 is 0 Å². The zero-order chi connectivity index (χ0) is 10.8. The summed E-state index contributed by atoms with van der Waals surface area (Å²) in [5.41, 5.74) is 1.73. The van der Waals surface area contributed by atoms with Gasteiger partial charge in [0, 0.05) is 17.2 Å². The standard InChI is InChI=1S/C9H10BN3O2/c1-15-9-6-2-10(5-11)3-7(6)12-8(4-14)13-9/h14H,2-4H2,1H3. The van der Waals surface area contributed by atoms with Gasteiger partial charge >= 0.3 is 0 Å². The number of fused-ring (bicyclic) bond motifs is 1. The van der Waals surface area contributed by atoms with Crippen LogP contribution in [0.5, 0.6) is 5.88 Å². The fraction of sp³-hybridized carbons (Fsp3) is 0.444.